The lowest BCUT2D eigenvalue weighted by Gasteiger charge is -2.22. The van der Waals surface area contributed by atoms with Crippen molar-refractivity contribution >= 4 is 17.8 Å². The van der Waals surface area contributed by atoms with Crippen LogP contribution in [0.2, 0.25) is 0 Å². The fourth-order valence-corrected chi connectivity index (χ4v) is 2.61. The minimum Gasteiger partial charge on any atom is -0.480 e. The van der Waals surface area contributed by atoms with E-state index < -0.39 is 24.0 Å². The van der Waals surface area contributed by atoms with Crippen molar-refractivity contribution in [1.82, 2.24) is 10.6 Å². The summed E-state index contributed by atoms with van der Waals surface area (Å²) in [5.41, 5.74) is 0. The largest absolute Gasteiger partial charge is 0.480 e. The van der Waals surface area contributed by atoms with E-state index in [9.17, 15) is 19.5 Å². The number of hydrogen-bond donors (Lipinski definition) is 3. The van der Waals surface area contributed by atoms with Crippen molar-refractivity contribution in [2.75, 3.05) is 0 Å². The Morgan fingerprint density at radius 3 is 2.00 bits per heavy atom. The topological polar surface area (TPSA) is 95.5 Å². The van der Waals surface area contributed by atoms with Gasteiger partial charge >= 0.3 is 5.97 Å². The van der Waals surface area contributed by atoms with Gasteiger partial charge in [-0.05, 0) is 18.8 Å². The summed E-state index contributed by atoms with van der Waals surface area (Å²) in [4.78, 5) is 34.9. The maximum absolute atomic E-state index is 12.3. The first-order chi connectivity index (χ1) is 11.3. The third-order valence-electron chi connectivity index (χ3n) is 3.86. The van der Waals surface area contributed by atoms with E-state index in [1.807, 2.05) is 13.8 Å². The van der Waals surface area contributed by atoms with Gasteiger partial charge in [0, 0.05) is 6.92 Å². The molecule has 24 heavy (non-hydrogen) atoms. The molecule has 0 saturated carbocycles. The molecule has 0 saturated heterocycles. The van der Waals surface area contributed by atoms with Crippen LogP contribution in [0.1, 0.15) is 79.1 Å². The summed E-state index contributed by atoms with van der Waals surface area (Å²) in [5.74, 6) is -1.52. The molecule has 6 heteroatoms. The number of amides is 2. The second-order valence-electron chi connectivity index (χ2n) is 6.84. The first kappa shape index (κ1) is 22.4. The van der Waals surface area contributed by atoms with Crippen molar-refractivity contribution in [3.8, 4) is 0 Å². The molecule has 0 spiro atoms. The van der Waals surface area contributed by atoms with E-state index in [1.54, 1.807) is 0 Å². The first-order valence-corrected chi connectivity index (χ1v) is 9.08. The number of hydrogen-bond acceptors (Lipinski definition) is 3. The van der Waals surface area contributed by atoms with Crippen molar-refractivity contribution in [3.63, 3.8) is 0 Å². The van der Waals surface area contributed by atoms with Crippen LogP contribution in [0, 0.1) is 5.92 Å². The molecule has 0 rings (SSSR count). The van der Waals surface area contributed by atoms with Crippen LogP contribution in [0.4, 0.5) is 0 Å². The molecule has 0 aliphatic heterocycles. The van der Waals surface area contributed by atoms with Crippen LogP contribution in [-0.2, 0) is 14.4 Å². The van der Waals surface area contributed by atoms with Gasteiger partial charge < -0.3 is 15.7 Å². The predicted molar refractivity (Wildman–Crippen MR) is 94.6 cm³/mol. The van der Waals surface area contributed by atoms with Gasteiger partial charge in [0.2, 0.25) is 11.8 Å². The maximum Gasteiger partial charge on any atom is 0.326 e. The Labute approximate surface area is 145 Å². The lowest BCUT2D eigenvalue weighted by molar-refractivity contribution is -0.142. The van der Waals surface area contributed by atoms with E-state index in [1.165, 1.54) is 26.2 Å². The minimum absolute atomic E-state index is 0.217. The van der Waals surface area contributed by atoms with Crippen LogP contribution in [0.15, 0.2) is 0 Å². The van der Waals surface area contributed by atoms with Gasteiger partial charge in [-0.3, -0.25) is 9.59 Å². The molecule has 0 aliphatic carbocycles. The summed E-state index contributed by atoms with van der Waals surface area (Å²) in [5, 5.41) is 14.5. The Kier molecular flexibility index (Phi) is 11.9. The number of rotatable bonds is 13. The van der Waals surface area contributed by atoms with E-state index >= 15 is 0 Å². The molecule has 0 aromatic carbocycles. The number of unbranched alkanes of at least 4 members (excludes halogenated alkanes) is 5. The fourth-order valence-electron chi connectivity index (χ4n) is 2.61. The Balaban J connectivity index is 4.46. The van der Waals surface area contributed by atoms with Crippen LogP contribution in [0.25, 0.3) is 0 Å². The molecule has 0 aromatic rings. The second-order valence-corrected chi connectivity index (χ2v) is 6.84. The van der Waals surface area contributed by atoms with Gasteiger partial charge in [-0.2, -0.15) is 0 Å². The molecule has 2 atom stereocenters. The Bertz CT molecular complexity index is 396. The number of aliphatic carboxylic acids is 1. The smallest absolute Gasteiger partial charge is 0.326 e. The van der Waals surface area contributed by atoms with E-state index in [0.717, 1.165) is 19.3 Å². The summed E-state index contributed by atoms with van der Waals surface area (Å²) in [6, 6.07) is -1.58. The maximum atomic E-state index is 12.3. The van der Waals surface area contributed by atoms with Crippen LogP contribution < -0.4 is 10.6 Å². The zero-order chi connectivity index (χ0) is 18.5. The van der Waals surface area contributed by atoms with Gasteiger partial charge in [0.25, 0.3) is 0 Å². The molecule has 0 aliphatic rings. The molecule has 3 N–H and O–H groups in total. The van der Waals surface area contributed by atoms with Crippen LogP contribution >= 0.6 is 0 Å². The van der Waals surface area contributed by atoms with Crippen molar-refractivity contribution in [1.29, 1.82) is 0 Å². The van der Waals surface area contributed by atoms with Gasteiger partial charge in [0.15, 0.2) is 0 Å². The summed E-state index contributed by atoms with van der Waals surface area (Å²) in [6.45, 7) is 7.41. The summed E-state index contributed by atoms with van der Waals surface area (Å²) < 4.78 is 0. The molecule has 140 valence electrons. The molecule has 0 fully saturated rings. The third kappa shape index (κ3) is 11.0. The van der Waals surface area contributed by atoms with Crippen molar-refractivity contribution in [2.24, 2.45) is 5.92 Å². The number of carboxylic acids is 1. The van der Waals surface area contributed by atoms with Gasteiger partial charge in [-0.15, -0.1) is 0 Å². The highest BCUT2D eigenvalue weighted by Gasteiger charge is 2.26. The number of carboxylic acid groups (broad SMARTS) is 1. The molecule has 0 bridgehead atoms. The number of carbonyl (C=O) groups excluding carboxylic acids is 2. The van der Waals surface area contributed by atoms with E-state index in [2.05, 4.69) is 17.6 Å². The quantitative estimate of drug-likeness (QED) is 0.448. The molecule has 6 nitrogen and oxygen atoms in total. The van der Waals surface area contributed by atoms with E-state index in [4.69, 9.17) is 0 Å². The third-order valence-corrected chi connectivity index (χ3v) is 3.86. The van der Waals surface area contributed by atoms with Gasteiger partial charge in [0.1, 0.15) is 12.1 Å². The molecule has 0 radical (unpaired) electrons. The van der Waals surface area contributed by atoms with Crippen LogP contribution in [-0.4, -0.2) is 35.0 Å². The average Bonchev–Trinajstić information content (AvgIpc) is 2.47. The van der Waals surface area contributed by atoms with Crippen LogP contribution in [0.3, 0.4) is 0 Å². The summed E-state index contributed by atoms with van der Waals surface area (Å²) in [7, 11) is 0. The Morgan fingerprint density at radius 2 is 1.50 bits per heavy atom. The zero-order valence-electron chi connectivity index (χ0n) is 15.6. The second kappa shape index (κ2) is 12.8. The molecule has 0 aromatic heterocycles. The molecular weight excluding hydrogens is 308 g/mol. The zero-order valence-corrected chi connectivity index (χ0v) is 15.6. The molecule has 0 heterocycles. The first-order valence-electron chi connectivity index (χ1n) is 9.08. The highest BCUT2D eigenvalue weighted by molar-refractivity contribution is 5.89. The highest BCUT2D eigenvalue weighted by Crippen LogP contribution is 2.10. The number of nitrogens with one attached hydrogen (secondary N) is 2. The molecular formula is C18H34N2O4. The standard InChI is InChI=1S/C18H34N2O4/c1-5-6-7-8-9-10-11-15(18(23)24)20-17(22)16(12-13(2)3)19-14(4)21/h13,15-16H,5-12H2,1-4H3,(H,19,21)(H,20,22)(H,23,24)/t15-,16+/m1/s1. The van der Waals surface area contributed by atoms with Crippen LogP contribution in [0.5, 0.6) is 0 Å². The highest BCUT2D eigenvalue weighted by atomic mass is 16.4. The normalized spacial score (nSPS) is 13.4. The SMILES string of the molecule is CCCCCCCC[C@@H](NC(=O)[C@H](CC(C)C)NC(C)=O)C(=O)O. The lowest BCUT2D eigenvalue weighted by atomic mass is 10.0. The van der Waals surface area contributed by atoms with E-state index in [-0.39, 0.29) is 11.8 Å². The lowest BCUT2D eigenvalue weighted by Crippen LogP contribution is -2.51. The number of carbonyl (C=O) groups is 3. The van der Waals surface area contributed by atoms with Crippen molar-refractivity contribution < 1.29 is 19.5 Å². The van der Waals surface area contributed by atoms with Gasteiger partial charge in [-0.1, -0.05) is 59.3 Å². The summed E-state index contributed by atoms with van der Waals surface area (Å²) in [6.07, 6.45) is 7.28. The average molecular weight is 342 g/mol. The predicted octanol–water partition coefficient (Wildman–Crippen LogP) is 2.86. The minimum atomic E-state index is -1.02. The Hall–Kier alpha value is -1.59. The van der Waals surface area contributed by atoms with Crippen molar-refractivity contribution in [3.05, 3.63) is 0 Å². The monoisotopic (exact) mass is 342 g/mol. The van der Waals surface area contributed by atoms with Gasteiger partial charge in [-0.25, -0.2) is 4.79 Å². The fraction of sp³-hybridized carbons (Fsp3) is 0.833. The molecule has 2 amide bonds. The van der Waals surface area contributed by atoms with E-state index in [0.29, 0.717) is 12.8 Å². The summed E-state index contributed by atoms with van der Waals surface area (Å²) >= 11 is 0. The Morgan fingerprint density at radius 1 is 0.917 bits per heavy atom. The van der Waals surface area contributed by atoms with Crippen molar-refractivity contribution in [2.45, 2.75) is 91.1 Å². The van der Waals surface area contributed by atoms with Gasteiger partial charge in [0.05, 0.1) is 0 Å². The molecule has 0 unspecified atom stereocenters.